The third kappa shape index (κ3) is 5.12. The van der Waals surface area contributed by atoms with Gasteiger partial charge in [-0.05, 0) is 5.56 Å². The van der Waals surface area contributed by atoms with E-state index in [0.717, 1.165) is 5.56 Å². The molecule has 1 amide bonds. The number of carbonyl (C=O) groups is 3. The molecule has 0 aliphatic rings. The van der Waals surface area contributed by atoms with Crippen molar-refractivity contribution in [3.8, 4) is 6.07 Å². The number of Topliss-reactive ketones (excluding diaryl/α,β-unsaturated/α-hetero) is 2. The second kappa shape index (κ2) is 9.28. The fourth-order valence-corrected chi connectivity index (χ4v) is 2.59. The number of ketones is 2. The summed E-state index contributed by atoms with van der Waals surface area (Å²) in [6, 6.07) is 19.5. The minimum atomic E-state index is -1.34. The first-order valence-corrected chi connectivity index (χ1v) is 8.34. The van der Waals surface area contributed by atoms with Gasteiger partial charge in [0, 0.05) is 32.0 Å². The van der Waals surface area contributed by atoms with Crippen molar-refractivity contribution in [3.63, 3.8) is 0 Å². The van der Waals surface area contributed by atoms with Crippen molar-refractivity contribution in [2.75, 3.05) is 6.54 Å². The first kappa shape index (κ1) is 19.1. The Kier molecular flexibility index (Phi) is 6.81. The average Bonchev–Trinajstić information content (AvgIpc) is 2.66. The molecular formula is C21H20N2O3. The molecule has 132 valence electrons. The van der Waals surface area contributed by atoms with Gasteiger partial charge in [0.2, 0.25) is 5.91 Å². The average molecular weight is 348 g/mol. The highest BCUT2D eigenvalue weighted by molar-refractivity contribution is 6.12. The van der Waals surface area contributed by atoms with Gasteiger partial charge in [-0.25, -0.2) is 0 Å². The zero-order valence-electron chi connectivity index (χ0n) is 14.6. The van der Waals surface area contributed by atoms with Crippen LogP contribution in [0.15, 0.2) is 60.7 Å². The van der Waals surface area contributed by atoms with Gasteiger partial charge >= 0.3 is 0 Å². The molecule has 0 bridgehead atoms. The molecule has 0 N–H and O–H groups in total. The first-order chi connectivity index (χ1) is 12.5. The van der Waals surface area contributed by atoms with E-state index in [2.05, 4.69) is 0 Å². The highest BCUT2D eigenvalue weighted by Gasteiger charge is 2.27. The van der Waals surface area contributed by atoms with Crippen LogP contribution in [0.5, 0.6) is 0 Å². The molecule has 2 aromatic rings. The summed E-state index contributed by atoms with van der Waals surface area (Å²) in [5.74, 6) is -2.48. The topological polar surface area (TPSA) is 78.2 Å². The molecule has 0 unspecified atom stereocenters. The minimum Gasteiger partial charge on any atom is -0.338 e. The zero-order valence-corrected chi connectivity index (χ0v) is 14.6. The number of benzene rings is 2. The molecule has 0 aromatic heterocycles. The summed E-state index contributed by atoms with van der Waals surface area (Å²) >= 11 is 0. The third-order valence-electron chi connectivity index (χ3n) is 4.06. The van der Waals surface area contributed by atoms with Crippen LogP contribution in [0.25, 0.3) is 0 Å². The number of amides is 1. The Morgan fingerprint density at radius 2 is 1.58 bits per heavy atom. The van der Waals surface area contributed by atoms with Gasteiger partial charge in [-0.2, -0.15) is 5.26 Å². The summed E-state index contributed by atoms with van der Waals surface area (Å²) < 4.78 is 0. The Bertz CT molecular complexity index is 810. The second-order valence-corrected chi connectivity index (χ2v) is 5.93. The van der Waals surface area contributed by atoms with Crippen LogP contribution in [0, 0.1) is 17.2 Å². The Balaban J connectivity index is 2.01. The lowest BCUT2D eigenvalue weighted by molar-refractivity contribution is -0.130. The maximum atomic E-state index is 12.4. The zero-order chi connectivity index (χ0) is 18.9. The quantitative estimate of drug-likeness (QED) is 0.543. The number of hydrogen-bond donors (Lipinski definition) is 0. The SMILES string of the molecule is CC(=O)N(CCC(=O)[C@H](C#N)C(=O)c1ccccc1)Cc1ccccc1. The number of nitrogens with zero attached hydrogens (tertiary/aromatic N) is 2. The van der Waals surface area contributed by atoms with Gasteiger partial charge in [0.1, 0.15) is 0 Å². The van der Waals surface area contributed by atoms with E-state index in [-0.39, 0.29) is 18.9 Å². The van der Waals surface area contributed by atoms with E-state index in [4.69, 9.17) is 0 Å². The molecular weight excluding hydrogens is 328 g/mol. The van der Waals surface area contributed by atoms with Crippen molar-refractivity contribution in [2.45, 2.75) is 19.9 Å². The Morgan fingerprint density at radius 3 is 2.12 bits per heavy atom. The van der Waals surface area contributed by atoms with E-state index in [9.17, 15) is 19.6 Å². The summed E-state index contributed by atoms with van der Waals surface area (Å²) in [6.07, 6.45) is -0.0385. The van der Waals surface area contributed by atoms with E-state index in [1.807, 2.05) is 30.3 Å². The van der Waals surface area contributed by atoms with E-state index < -0.39 is 17.5 Å². The Hall–Kier alpha value is -3.26. The van der Waals surface area contributed by atoms with Crippen molar-refractivity contribution in [1.29, 1.82) is 5.26 Å². The predicted octanol–water partition coefficient (Wildman–Crippen LogP) is 3.02. The van der Waals surface area contributed by atoms with Gasteiger partial charge in [-0.3, -0.25) is 14.4 Å². The molecule has 0 aliphatic heterocycles. The highest BCUT2D eigenvalue weighted by atomic mass is 16.2. The molecule has 0 aliphatic carbocycles. The predicted molar refractivity (Wildman–Crippen MR) is 97.0 cm³/mol. The number of nitriles is 1. The number of carbonyl (C=O) groups excluding carboxylic acids is 3. The van der Waals surface area contributed by atoms with Gasteiger partial charge in [0.05, 0.1) is 6.07 Å². The highest BCUT2D eigenvalue weighted by Crippen LogP contribution is 2.13. The largest absolute Gasteiger partial charge is 0.338 e. The Labute approximate surface area is 152 Å². The lowest BCUT2D eigenvalue weighted by Crippen LogP contribution is -2.32. The summed E-state index contributed by atoms with van der Waals surface area (Å²) in [5, 5.41) is 9.27. The molecule has 2 rings (SSSR count). The van der Waals surface area contributed by atoms with Gasteiger partial charge in [-0.15, -0.1) is 0 Å². The van der Waals surface area contributed by atoms with Crippen LogP contribution in [-0.2, 0) is 16.1 Å². The molecule has 0 heterocycles. The molecule has 26 heavy (non-hydrogen) atoms. The summed E-state index contributed by atoms with van der Waals surface area (Å²) in [6.45, 7) is 1.99. The smallest absolute Gasteiger partial charge is 0.219 e. The van der Waals surface area contributed by atoms with Crippen LogP contribution in [0.2, 0.25) is 0 Å². The fourth-order valence-electron chi connectivity index (χ4n) is 2.59. The Morgan fingerprint density at radius 1 is 1.00 bits per heavy atom. The van der Waals surface area contributed by atoms with E-state index in [0.29, 0.717) is 12.1 Å². The molecule has 0 spiro atoms. The third-order valence-corrected chi connectivity index (χ3v) is 4.06. The van der Waals surface area contributed by atoms with Crippen LogP contribution >= 0.6 is 0 Å². The molecule has 5 nitrogen and oxygen atoms in total. The molecule has 0 saturated carbocycles. The van der Waals surface area contributed by atoms with Crippen molar-refractivity contribution >= 4 is 17.5 Å². The van der Waals surface area contributed by atoms with Crippen LogP contribution in [0.4, 0.5) is 0 Å². The van der Waals surface area contributed by atoms with Crippen molar-refractivity contribution in [1.82, 2.24) is 4.90 Å². The maximum Gasteiger partial charge on any atom is 0.219 e. The molecule has 2 aromatic carbocycles. The minimum absolute atomic E-state index is 0.0385. The second-order valence-electron chi connectivity index (χ2n) is 5.93. The lowest BCUT2D eigenvalue weighted by Gasteiger charge is -2.21. The molecule has 1 atom stereocenters. The van der Waals surface area contributed by atoms with Crippen LogP contribution in [0.1, 0.15) is 29.3 Å². The monoisotopic (exact) mass is 348 g/mol. The molecule has 5 heteroatoms. The van der Waals surface area contributed by atoms with Crippen molar-refractivity contribution < 1.29 is 14.4 Å². The first-order valence-electron chi connectivity index (χ1n) is 8.34. The van der Waals surface area contributed by atoms with E-state index in [1.54, 1.807) is 36.4 Å². The summed E-state index contributed by atoms with van der Waals surface area (Å²) in [5.41, 5.74) is 1.28. The maximum absolute atomic E-state index is 12.4. The van der Waals surface area contributed by atoms with Gasteiger partial charge in [0.25, 0.3) is 0 Å². The standard InChI is InChI=1S/C21H20N2O3/c1-16(24)23(15-17-8-4-2-5-9-17)13-12-20(25)19(14-22)21(26)18-10-6-3-7-11-18/h2-11,19H,12-13,15H2,1H3/t19-/m0/s1. The lowest BCUT2D eigenvalue weighted by atomic mass is 9.93. The molecule has 0 fully saturated rings. The molecule has 0 saturated heterocycles. The normalized spacial score (nSPS) is 11.2. The number of hydrogen-bond acceptors (Lipinski definition) is 4. The van der Waals surface area contributed by atoms with Crippen molar-refractivity contribution in [3.05, 3.63) is 71.8 Å². The van der Waals surface area contributed by atoms with Crippen LogP contribution in [0.3, 0.4) is 0 Å². The van der Waals surface area contributed by atoms with Gasteiger partial charge in [0.15, 0.2) is 17.5 Å². The number of rotatable bonds is 8. The van der Waals surface area contributed by atoms with Crippen LogP contribution < -0.4 is 0 Å². The fraction of sp³-hybridized carbons (Fsp3) is 0.238. The van der Waals surface area contributed by atoms with Gasteiger partial charge < -0.3 is 4.90 Å². The van der Waals surface area contributed by atoms with Crippen LogP contribution in [-0.4, -0.2) is 28.9 Å². The van der Waals surface area contributed by atoms with E-state index in [1.165, 1.54) is 11.8 Å². The van der Waals surface area contributed by atoms with E-state index >= 15 is 0 Å². The molecule has 0 radical (unpaired) electrons. The summed E-state index contributed by atoms with van der Waals surface area (Å²) in [7, 11) is 0. The van der Waals surface area contributed by atoms with Gasteiger partial charge in [-0.1, -0.05) is 60.7 Å². The summed E-state index contributed by atoms with van der Waals surface area (Å²) in [4.78, 5) is 38.1. The van der Waals surface area contributed by atoms with Crippen molar-refractivity contribution in [2.24, 2.45) is 5.92 Å².